The second-order valence-electron chi connectivity index (χ2n) is 4.62. The molecule has 3 aromatic rings. The number of hydrogen-bond donors (Lipinski definition) is 0. The summed E-state index contributed by atoms with van der Waals surface area (Å²) in [4.78, 5) is 16.4. The number of aromatic nitrogens is 1. The molecule has 21 heavy (non-hydrogen) atoms. The number of rotatable bonds is 3. The Morgan fingerprint density at radius 1 is 1.10 bits per heavy atom. The van der Waals surface area contributed by atoms with E-state index in [9.17, 15) is 4.79 Å². The number of nitrogens with zero attached hydrogens (tertiary/aromatic N) is 1. The van der Waals surface area contributed by atoms with Gasteiger partial charge >= 0.3 is 5.97 Å². The molecule has 2 aromatic carbocycles. The van der Waals surface area contributed by atoms with Crippen molar-refractivity contribution in [2.45, 2.75) is 6.61 Å². The molecule has 4 heteroatoms. The lowest BCUT2D eigenvalue weighted by Gasteiger charge is -2.06. The van der Waals surface area contributed by atoms with Crippen molar-refractivity contribution in [3.63, 3.8) is 0 Å². The van der Waals surface area contributed by atoms with Crippen LogP contribution in [-0.2, 0) is 11.3 Å². The van der Waals surface area contributed by atoms with E-state index in [1.54, 1.807) is 6.20 Å². The Hall–Kier alpha value is -1.95. The van der Waals surface area contributed by atoms with E-state index in [-0.39, 0.29) is 12.6 Å². The summed E-state index contributed by atoms with van der Waals surface area (Å²) in [5.74, 6) is -0.355. The third-order valence-electron chi connectivity index (χ3n) is 3.09. The quantitative estimate of drug-likeness (QED) is 0.498. The molecular formula is C17H12INO2. The maximum absolute atomic E-state index is 12.1. The Kier molecular flexibility index (Phi) is 4.15. The zero-order chi connectivity index (χ0) is 14.7. The van der Waals surface area contributed by atoms with Crippen LogP contribution in [0, 0.1) is 3.57 Å². The van der Waals surface area contributed by atoms with Crippen LogP contribution in [0.15, 0.2) is 60.8 Å². The fraction of sp³-hybridized carbons (Fsp3) is 0.0588. The van der Waals surface area contributed by atoms with Crippen molar-refractivity contribution in [1.82, 2.24) is 4.98 Å². The van der Waals surface area contributed by atoms with Gasteiger partial charge in [0.2, 0.25) is 0 Å². The van der Waals surface area contributed by atoms with Crippen LogP contribution in [-0.4, -0.2) is 11.0 Å². The first-order valence-electron chi connectivity index (χ1n) is 6.49. The van der Waals surface area contributed by atoms with Crippen LogP contribution in [0.2, 0.25) is 0 Å². The minimum Gasteiger partial charge on any atom is -0.457 e. The fourth-order valence-electron chi connectivity index (χ4n) is 2.02. The van der Waals surface area contributed by atoms with Crippen LogP contribution >= 0.6 is 22.6 Å². The van der Waals surface area contributed by atoms with E-state index < -0.39 is 0 Å². The van der Waals surface area contributed by atoms with Gasteiger partial charge in [-0.2, -0.15) is 0 Å². The molecule has 104 valence electrons. The maximum Gasteiger partial charge on any atom is 0.340 e. The Balaban J connectivity index is 1.78. The van der Waals surface area contributed by atoms with Crippen LogP contribution in [0.1, 0.15) is 15.9 Å². The van der Waals surface area contributed by atoms with Crippen LogP contribution < -0.4 is 0 Å². The summed E-state index contributed by atoms with van der Waals surface area (Å²) < 4.78 is 6.42. The monoisotopic (exact) mass is 389 g/mol. The Morgan fingerprint density at radius 3 is 2.71 bits per heavy atom. The van der Waals surface area contributed by atoms with Crippen molar-refractivity contribution in [2.24, 2.45) is 0 Å². The molecule has 0 spiro atoms. The summed E-state index contributed by atoms with van der Waals surface area (Å²) >= 11 is 2.24. The van der Waals surface area contributed by atoms with E-state index in [4.69, 9.17) is 4.74 Å². The topological polar surface area (TPSA) is 39.2 Å². The van der Waals surface area contributed by atoms with E-state index >= 15 is 0 Å². The number of hydrogen-bond acceptors (Lipinski definition) is 3. The standard InChI is InChI=1S/C17H12INO2/c18-15-6-7-16-13(9-15)8-14(10-19-16)17(20)21-11-12-4-2-1-3-5-12/h1-10H,11H2. The Labute approximate surface area is 136 Å². The normalized spacial score (nSPS) is 10.5. The molecule has 0 bridgehead atoms. The summed E-state index contributed by atoms with van der Waals surface area (Å²) in [5.41, 5.74) is 2.31. The van der Waals surface area contributed by atoms with Gasteiger partial charge in [0, 0.05) is 15.2 Å². The molecule has 0 aliphatic carbocycles. The highest BCUT2D eigenvalue weighted by Gasteiger charge is 2.09. The average Bonchev–Trinajstić information content (AvgIpc) is 2.53. The van der Waals surface area contributed by atoms with Crippen molar-refractivity contribution in [2.75, 3.05) is 0 Å². The van der Waals surface area contributed by atoms with Crippen molar-refractivity contribution >= 4 is 39.5 Å². The van der Waals surface area contributed by atoms with E-state index in [0.717, 1.165) is 20.0 Å². The van der Waals surface area contributed by atoms with E-state index in [0.29, 0.717) is 5.56 Å². The maximum atomic E-state index is 12.1. The molecule has 0 atom stereocenters. The number of pyridine rings is 1. The van der Waals surface area contributed by atoms with Crippen LogP contribution in [0.25, 0.3) is 10.9 Å². The molecule has 0 N–H and O–H groups in total. The zero-order valence-corrected chi connectivity index (χ0v) is 13.3. The third kappa shape index (κ3) is 3.39. The van der Waals surface area contributed by atoms with Gasteiger partial charge in [0.25, 0.3) is 0 Å². The van der Waals surface area contributed by atoms with Gasteiger partial charge in [-0.3, -0.25) is 4.98 Å². The number of ether oxygens (including phenoxy) is 1. The Morgan fingerprint density at radius 2 is 1.90 bits per heavy atom. The van der Waals surface area contributed by atoms with Crippen LogP contribution in [0.5, 0.6) is 0 Å². The first kappa shape index (κ1) is 14.0. The number of carbonyl (C=O) groups excluding carboxylic acids is 1. The van der Waals surface area contributed by atoms with Gasteiger partial charge in [0.05, 0.1) is 11.1 Å². The van der Waals surface area contributed by atoms with E-state index in [2.05, 4.69) is 27.6 Å². The van der Waals surface area contributed by atoms with E-state index in [1.807, 2.05) is 54.6 Å². The van der Waals surface area contributed by atoms with Crippen LogP contribution in [0.4, 0.5) is 0 Å². The highest BCUT2D eigenvalue weighted by atomic mass is 127. The predicted molar refractivity (Wildman–Crippen MR) is 90.0 cm³/mol. The van der Waals surface area contributed by atoms with Crippen molar-refractivity contribution in [3.05, 3.63) is 75.5 Å². The molecule has 0 unspecified atom stereocenters. The summed E-state index contributed by atoms with van der Waals surface area (Å²) in [7, 11) is 0. The lowest BCUT2D eigenvalue weighted by atomic mass is 10.1. The molecule has 0 amide bonds. The smallest absolute Gasteiger partial charge is 0.340 e. The third-order valence-corrected chi connectivity index (χ3v) is 3.76. The Bertz CT molecular complexity index is 787. The summed E-state index contributed by atoms with van der Waals surface area (Å²) in [6, 6.07) is 17.4. The first-order valence-corrected chi connectivity index (χ1v) is 7.56. The number of halogens is 1. The summed E-state index contributed by atoms with van der Waals surface area (Å²) in [6.45, 7) is 0.268. The first-order chi connectivity index (χ1) is 10.2. The van der Waals surface area contributed by atoms with Gasteiger partial charge in [0.1, 0.15) is 6.61 Å². The minimum absolute atomic E-state index is 0.268. The number of benzene rings is 2. The predicted octanol–water partition coefficient (Wildman–Crippen LogP) is 4.20. The lowest BCUT2D eigenvalue weighted by Crippen LogP contribution is -2.05. The molecule has 0 radical (unpaired) electrons. The highest BCUT2D eigenvalue weighted by molar-refractivity contribution is 14.1. The van der Waals surface area contributed by atoms with Gasteiger partial charge < -0.3 is 4.74 Å². The van der Waals surface area contributed by atoms with Crippen molar-refractivity contribution in [1.29, 1.82) is 0 Å². The highest BCUT2D eigenvalue weighted by Crippen LogP contribution is 2.17. The lowest BCUT2D eigenvalue weighted by molar-refractivity contribution is 0.0472. The van der Waals surface area contributed by atoms with Gasteiger partial charge in [-0.15, -0.1) is 0 Å². The summed E-state index contributed by atoms with van der Waals surface area (Å²) in [6.07, 6.45) is 1.56. The largest absolute Gasteiger partial charge is 0.457 e. The second kappa shape index (κ2) is 6.22. The number of fused-ring (bicyclic) bond motifs is 1. The number of esters is 1. The van der Waals surface area contributed by atoms with Crippen LogP contribution in [0.3, 0.4) is 0 Å². The second-order valence-corrected chi connectivity index (χ2v) is 5.87. The molecule has 0 aliphatic rings. The van der Waals surface area contributed by atoms with Crippen molar-refractivity contribution in [3.8, 4) is 0 Å². The molecule has 3 nitrogen and oxygen atoms in total. The minimum atomic E-state index is -0.355. The van der Waals surface area contributed by atoms with Gasteiger partial charge in [-0.25, -0.2) is 4.79 Å². The van der Waals surface area contributed by atoms with Gasteiger partial charge in [0.15, 0.2) is 0 Å². The molecule has 0 saturated heterocycles. The average molecular weight is 389 g/mol. The molecular weight excluding hydrogens is 377 g/mol. The molecule has 1 aromatic heterocycles. The van der Waals surface area contributed by atoms with Gasteiger partial charge in [-0.05, 0) is 52.4 Å². The molecule has 3 rings (SSSR count). The van der Waals surface area contributed by atoms with Crippen molar-refractivity contribution < 1.29 is 9.53 Å². The SMILES string of the molecule is O=C(OCc1ccccc1)c1cnc2ccc(I)cc2c1. The van der Waals surface area contributed by atoms with E-state index in [1.165, 1.54) is 0 Å². The fourth-order valence-corrected chi connectivity index (χ4v) is 2.54. The zero-order valence-electron chi connectivity index (χ0n) is 11.1. The molecule has 0 saturated carbocycles. The van der Waals surface area contributed by atoms with Gasteiger partial charge in [-0.1, -0.05) is 30.3 Å². The number of carbonyl (C=O) groups is 1. The molecule has 1 heterocycles. The molecule has 0 aliphatic heterocycles. The molecule has 0 fully saturated rings. The summed E-state index contributed by atoms with van der Waals surface area (Å²) in [5, 5.41) is 0.941.